The second kappa shape index (κ2) is 8.67. The number of hydrogen-bond acceptors (Lipinski definition) is 7. The second-order valence-corrected chi connectivity index (χ2v) is 8.90. The molecule has 162 valence electrons. The van der Waals surface area contributed by atoms with Gasteiger partial charge in [-0.25, -0.2) is 4.98 Å². The monoisotopic (exact) mass is 430 g/mol. The van der Waals surface area contributed by atoms with Crippen molar-refractivity contribution >= 4 is 22.6 Å². The third-order valence-corrected chi connectivity index (χ3v) is 6.49. The van der Waals surface area contributed by atoms with Gasteiger partial charge in [-0.3, -0.25) is 4.99 Å². The summed E-state index contributed by atoms with van der Waals surface area (Å²) in [6, 6.07) is 6.19. The van der Waals surface area contributed by atoms with Crippen molar-refractivity contribution < 1.29 is 9.47 Å². The summed E-state index contributed by atoms with van der Waals surface area (Å²) >= 11 is 1.50. The van der Waals surface area contributed by atoms with Crippen LogP contribution in [-0.2, 0) is 11.8 Å². The Balaban J connectivity index is 1.33. The van der Waals surface area contributed by atoms with Crippen molar-refractivity contribution in [2.75, 3.05) is 51.5 Å². The van der Waals surface area contributed by atoms with Crippen LogP contribution in [-0.4, -0.2) is 66.8 Å². The van der Waals surface area contributed by atoms with Gasteiger partial charge in [0, 0.05) is 63.1 Å². The zero-order valence-electron chi connectivity index (χ0n) is 18.1. The topological polar surface area (TPSA) is 75.1 Å². The van der Waals surface area contributed by atoms with Crippen LogP contribution >= 0.6 is 11.5 Å². The van der Waals surface area contributed by atoms with Crippen molar-refractivity contribution in [2.24, 2.45) is 4.99 Å². The van der Waals surface area contributed by atoms with Gasteiger partial charge in [-0.1, -0.05) is 26.8 Å². The Bertz CT molecular complexity index is 905. The highest BCUT2D eigenvalue weighted by atomic mass is 32.1. The fraction of sp³-hybridized carbons (Fsp3) is 0.571. The predicted molar refractivity (Wildman–Crippen MR) is 120 cm³/mol. The van der Waals surface area contributed by atoms with E-state index in [9.17, 15) is 0 Å². The van der Waals surface area contributed by atoms with Gasteiger partial charge in [0.1, 0.15) is 5.82 Å². The zero-order chi connectivity index (χ0) is 21.1. The molecular weight excluding hydrogens is 400 g/mol. The Hall–Kier alpha value is -2.55. The number of nitrogens with zero attached hydrogens (tertiary/aromatic N) is 5. The molecule has 3 heterocycles. The van der Waals surface area contributed by atoms with E-state index in [1.54, 1.807) is 0 Å². The van der Waals surface area contributed by atoms with Gasteiger partial charge in [0.15, 0.2) is 17.5 Å². The van der Waals surface area contributed by atoms with E-state index in [1.807, 2.05) is 13.1 Å². The molecule has 0 unspecified atom stereocenters. The zero-order valence-corrected chi connectivity index (χ0v) is 19.0. The molecule has 0 amide bonds. The summed E-state index contributed by atoms with van der Waals surface area (Å²) in [6.07, 6.45) is 0.881. The Morgan fingerprint density at radius 1 is 1.20 bits per heavy atom. The van der Waals surface area contributed by atoms with Crippen LogP contribution in [0.25, 0.3) is 0 Å². The van der Waals surface area contributed by atoms with Crippen molar-refractivity contribution in [1.29, 1.82) is 0 Å². The molecule has 0 spiro atoms. The van der Waals surface area contributed by atoms with Crippen molar-refractivity contribution in [3.63, 3.8) is 0 Å². The van der Waals surface area contributed by atoms with Crippen molar-refractivity contribution in [1.82, 2.24) is 19.6 Å². The van der Waals surface area contributed by atoms with Crippen LogP contribution in [0.1, 0.15) is 32.2 Å². The standard InChI is InChI=1S/C21H30N6O2S/c1-5-18-24-20(30-25-18)27-10-8-26(9-11-27)19(22-4)23-13-21(2,3)15-6-7-16-17(12-15)29-14-28-16/h6-7,12H,5,8-11,13-14H2,1-4H3,(H,22,23). The minimum atomic E-state index is -0.0815. The van der Waals surface area contributed by atoms with Crippen molar-refractivity contribution in [3.05, 3.63) is 29.6 Å². The highest BCUT2D eigenvalue weighted by Crippen LogP contribution is 2.36. The number of rotatable bonds is 5. The van der Waals surface area contributed by atoms with Gasteiger partial charge in [-0.2, -0.15) is 4.37 Å². The van der Waals surface area contributed by atoms with Crippen molar-refractivity contribution in [3.8, 4) is 11.5 Å². The molecule has 1 fully saturated rings. The SMILES string of the molecule is CCc1nsc(N2CCN(C(=NC)NCC(C)(C)c3ccc4c(c3)OCO4)CC2)n1. The molecular formula is C21H30N6O2S. The smallest absolute Gasteiger partial charge is 0.231 e. The largest absolute Gasteiger partial charge is 0.454 e. The summed E-state index contributed by atoms with van der Waals surface area (Å²) in [4.78, 5) is 13.8. The van der Waals surface area contributed by atoms with E-state index in [0.29, 0.717) is 6.79 Å². The minimum absolute atomic E-state index is 0.0815. The van der Waals surface area contributed by atoms with Gasteiger partial charge in [-0.15, -0.1) is 0 Å². The highest BCUT2D eigenvalue weighted by molar-refractivity contribution is 7.09. The number of guanidine groups is 1. The number of aromatic nitrogens is 2. The molecule has 0 saturated carbocycles. The number of anilines is 1. The maximum absolute atomic E-state index is 5.54. The number of aryl methyl sites for hydroxylation is 1. The normalized spacial score (nSPS) is 16.9. The molecule has 2 aliphatic rings. The summed E-state index contributed by atoms with van der Waals surface area (Å²) < 4.78 is 15.4. The lowest BCUT2D eigenvalue weighted by atomic mass is 9.84. The van der Waals surface area contributed by atoms with Crippen LogP contribution in [0.2, 0.25) is 0 Å². The first-order valence-electron chi connectivity index (χ1n) is 10.4. The first-order chi connectivity index (χ1) is 14.5. The molecule has 0 radical (unpaired) electrons. The lowest BCUT2D eigenvalue weighted by Crippen LogP contribution is -2.54. The molecule has 9 heteroatoms. The molecule has 1 N–H and O–H groups in total. The van der Waals surface area contributed by atoms with Gasteiger partial charge in [-0.05, 0) is 17.7 Å². The summed E-state index contributed by atoms with van der Waals surface area (Å²) in [5.41, 5.74) is 1.13. The molecule has 0 atom stereocenters. The Labute approximate surface area is 182 Å². The van der Waals surface area contributed by atoms with Crippen LogP contribution in [0, 0.1) is 0 Å². The number of piperazine rings is 1. The number of aliphatic imine (C=N–C) groups is 1. The molecule has 2 aliphatic heterocycles. The molecule has 0 bridgehead atoms. The molecule has 30 heavy (non-hydrogen) atoms. The molecule has 2 aromatic rings. The number of fused-ring (bicyclic) bond motifs is 1. The van der Waals surface area contributed by atoms with E-state index in [-0.39, 0.29) is 5.41 Å². The summed E-state index contributed by atoms with van der Waals surface area (Å²) in [5.74, 6) is 3.51. The Morgan fingerprint density at radius 3 is 2.67 bits per heavy atom. The van der Waals surface area contributed by atoms with Crippen molar-refractivity contribution in [2.45, 2.75) is 32.6 Å². The maximum Gasteiger partial charge on any atom is 0.231 e. The van der Waals surface area contributed by atoms with E-state index in [1.165, 1.54) is 17.1 Å². The second-order valence-electron chi connectivity index (χ2n) is 8.17. The van der Waals surface area contributed by atoms with Crippen LogP contribution < -0.4 is 19.7 Å². The molecule has 4 rings (SSSR count). The summed E-state index contributed by atoms with van der Waals surface area (Å²) in [5, 5.41) is 4.60. The lowest BCUT2D eigenvalue weighted by molar-refractivity contribution is 0.174. The first kappa shape index (κ1) is 20.7. The van der Waals surface area contributed by atoms with Crippen LogP contribution in [0.15, 0.2) is 23.2 Å². The number of nitrogens with one attached hydrogen (secondary N) is 1. The third-order valence-electron chi connectivity index (χ3n) is 5.68. The highest BCUT2D eigenvalue weighted by Gasteiger charge is 2.26. The quantitative estimate of drug-likeness (QED) is 0.577. The average Bonchev–Trinajstić information content (AvgIpc) is 3.43. The minimum Gasteiger partial charge on any atom is -0.454 e. The fourth-order valence-corrected chi connectivity index (χ4v) is 4.48. The van der Waals surface area contributed by atoms with E-state index in [0.717, 1.165) is 67.6 Å². The fourth-order valence-electron chi connectivity index (χ4n) is 3.68. The van der Waals surface area contributed by atoms with Gasteiger partial charge in [0.25, 0.3) is 0 Å². The maximum atomic E-state index is 5.54. The number of benzene rings is 1. The van der Waals surface area contributed by atoms with E-state index in [2.05, 4.69) is 62.4 Å². The van der Waals surface area contributed by atoms with Crippen LogP contribution in [0.3, 0.4) is 0 Å². The Kier molecular flexibility index (Phi) is 5.99. The molecule has 0 aliphatic carbocycles. The molecule has 1 aromatic carbocycles. The number of ether oxygens (including phenoxy) is 2. The molecule has 8 nitrogen and oxygen atoms in total. The average molecular weight is 431 g/mol. The van der Waals surface area contributed by atoms with E-state index < -0.39 is 0 Å². The van der Waals surface area contributed by atoms with Crippen LogP contribution in [0.5, 0.6) is 11.5 Å². The molecule has 1 saturated heterocycles. The van der Waals surface area contributed by atoms with Gasteiger partial charge >= 0.3 is 0 Å². The van der Waals surface area contributed by atoms with E-state index in [4.69, 9.17) is 9.47 Å². The van der Waals surface area contributed by atoms with Gasteiger partial charge in [0.05, 0.1) is 0 Å². The van der Waals surface area contributed by atoms with Gasteiger partial charge < -0.3 is 24.6 Å². The molecule has 1 aromatic heterocycles. The van der Waals surface area contributed by atoms with Gasteiger partial charge in [0.2, 0.25) is 11.9 Å². The summed E-state index contributed by atoms with van der Waals surface area (Å²) in [6.45, 7) is 11.3. The van der Waals surface area contributed by atoms with E-state index >= 15 is 0 Å². The van der Waals surface area contributed by atoms with Crippen LogP contribution in [0.4, 0.5) is 5.13 Å². The Morgan fingerprint density at radius 2 is 1.97 bits per heavy atom. The third kappa shape index (κ3) is 4.30. The predicted octanol–water partition coefficient (Wildman–Crippen LogP) is 2.50. The number of hydrogen-bond donors (Lipinski definition) is 1. The first-order valence-corrected chi connectivity index (χ1v) is 11.2. The summed E-state index contributed by atoms with van der Waals surface area (Å²) in [7, 11) is 1.85. The lowest BCUT2D eigenvalue weighted by Gasteiger charge is -2.37.